The molecule has 4 amide bonds. The summed E-state index contributed by atoms with van der Waals surface area (Å²) in [6.07, 6.45) is -0.0181. The first-order valence-electron chi connectivity index (χ1n) is 14.0. The van der Waals surface area contributed by atoms with Crippen LogP contribution in [-0.2, 0) is 19.8 Å². The first kappa shape index (κ1) is 31.6. The molecule has 1 heterocycles. The van der Waals surface area contributed by atoms with E-state index in [-0.39, 0.29) is 67.7 Å². The van der Waals surface area contributed by atoms with Gasteiger partial charge in [0.1, 0.15) is 24.2 Å². The van der Waals surface area contributed by atoms with Gasteiger partial charge in [0.2, 0.25) is 17.7 Å². The molecule has 0 aromatic heterocycles. The first-order valence-corrected chi connectivity index (χ1v) is 14.0. The van der Waals surface area contributed by atoms with E-state index in [1.807, 2.05) is 27.7 Å². The third kappa shape index (κ3) is 8.77. The second-order valence-electron chi connectivity index (χ2n) is 11.3. The largest absolute Gasteiger partial charge is 0.491 e. The van der Waals surface area contributed by atoms with Crippen molar-refractivity contribution in [1.29, 1.82) is 0 Å². The standard InChI is InChI=1S/C31H41FN4O5/c1-6-36-17-27(37)34-25(20(2)3)18-41-26-10-8-7-9-23(26)29(39)35-24(15-16-28(36)38)30(40)33-19-31(4,5)21-11-13-22(32)14-12-21/h7-14,20,24-25H,6,15-19H2,1-5H3,(H,33,40)(H,34,37)(H,35,39)/t24-,25+/m0/s1. The van der Waals surface area contributed by atoms with Crippen molar-refractivity contribution in [3.63, 3.8) is 0 Å². The third-order valence-corrected chi connectivity index (χ3v) is 7.37. The number of carbonyl (C=O) groups is 4. The van der Waals surface area contributed by atoms with E-state index >= 15 is 0 Å². The fraction of sp³-hybridized carbons (Fsp3) is 0.484. The number of benzene rings is 2. The van der Waals surface area contributed by atoms with Gasteiger partial charge in [-0.3, -0.25) is 19.2 Å². The molecule has 1 aliphatic heterocycles. The minimum atomic E-state index is -1.02. The summed E-state index contributed by atoms with van der Waals surface area (Å²) in [4.78, 5) is 54.1. The van der Waals surface area contributed by atoms with Gasteiger partial charge >= 0.3 is 0 Å². The Morgan fingerprint density at radius 3 is 2.44 bits per heavy atom. The lowest BCUT2D eigenvalue weighted by molar-refractivity contribution is -0.136. The van der Waals surface area contributed by atoms with Crippen molar-refractivity contribution in [2.75, 3.05) is 26.2 Å². The van der Waals surface area contributed by atoms with Crippen molar-refractivity contribution >= 4 is 23.6 Å². The Kier molecular flexibility index (Phi) is 10.9. The van der Waals surface area contributed by atoms with E-state index in [1.54, 1.807) is 43.3 Å². The molecule has 0 spiro atoms. The highest BCUT2D eigenvalue weighted by atomic mass is 19.1. The summed E-state index contributed by atoms with van der Waals surface area (Å²) in [5.41, 5.74) is 0.549. The van der Waals surface area contributed by atoms with Crippen LogP contribution in [0.25, 0.3) is 0 Å². The Labute approximate surface area is 241 Å². The molecule has 2 atom stereocenters. The lowest BCUT2D eigenvalue weighted by Gasteiger charge is -2.27. The number of hydrogen-bond acceptors (Lipinski definition) is 5. The zero-order chi connectivity index (χ0) is 30.2. The average molecular weight is 569 g/mol. The van der Waals surface area contributed by atoms with Gasteiger partial charge in [0.25, 0.3) is 5.91 Å². The summed E-state index contributed by atoms with van der Waals surface area (Å²) >= 11 is 0. The van der Waals surface area contributed by atoms with Crippen LogP contribution in [0.5, 0.6) is 5.75 Å². The van der Waals surface area contributed by atoms with Crippen molar-refractivity contribution in [2.45, 2.75) is 65.0 Å². The second-order valence-corrected chi connectivity index (χ2v) is 11.3. The van der Waals surface area contributed by atoms with Crippen LogP contribution in [0.15, 0.2) is 48.5 Å². The predicted molar refractivity (Wildman–Crippen MR) is 154 cm³/mol. The SMILES string of the molecule is CCN1CC(=O)N[C@@H](C(C)C)COc2ccccc2C(=O)N[C@H](C(=O)NCC(C)(C)c2ccc(F)cc2)CCC1=O. The molecule has 0 radical (unpaired) electrons. The fourth-order valence-electron chi connectivity index (χ4n) is 4.53. The van der Waals surface area contributed by atoms with Crippen molar-refractivity contribution in [3.05, 3.63) is 65.5 Å². The summed E-state index contributed by atoms with van der Waals surface area (Å²) in [6.45, 7) is 10.0. The number of amides is 4. The van der Waals surface area contributed by atoms with Gasteiger partial charge in [-0.05, 0) is 49.1 Å². The Bertz CT molecular complexity index is 1230. The molecule has 9 nitrogen and oxygen atoms in total. The number of ether oxygens (including phenoxy) is 1. The van der Waals surface area contributed by atoms with Gasteiger partial charge in [-0.15, -0.1) is 0 Å². The topological polar surface area (TPSA) is 117 Å². The quantitative estimate of drug-likeness (QED) is 0.495. The highest BCUT2D eigenvalue weighted by Gasteiger charge is 2.29. The highest BCUT2D eigenvalue weighted by Crippen LogP contribution is 2.23. The molecular formula is C31H41FN4O5. The van der Waals surface area contributed by atoms with Gasteiger partial charge in [0.05, 0.1) is 18.2 Å². The van der Waals surface area contributed by atoms with E-state index in [4.69, 9.17) is 4.74 Å². The maximum atomic E-state index is 13.4. The molecular weight excluding hydrogens is 527 g/mol. The number of para-hydroxylation sites is 1. The highest BCUT2D eigenvalue weighted by molar-refractivity contribution is 5.99. The van der Waals surface area contributed by atoms with Crippen molar-refractivity contribution in [2.24, 2.45) is 5.92 Å². The van der Waals surface area contributed by atoms with Crippen LogP contribution in [0.1, 0.15) is 63.4 Å². The Balaban J connectivity index is 1.86. The summed E-state index contributed by atoms with van der Waals surface area (Å²) in [7, 11) is 0. The molecule has 0 saturated heterocycles. The number of halogens is 1. The molecule has 3 N–H and O–H groups in total. The number of nitrogens with one attached hydrogen (secondary N) is 3. The van der Waals surface area contributed by atoms with E-state index in [1.165, 1.54) is 17.0 Å². The molecule has 3 rings (SSSR count). The van der Waals surface area contributed by atoms with Gasteiger partial charge in [-0.25, -0.2) is 4.39 Å². The minimum Gasteiger partial charge on any atom is -0.491 e. The molecule has 1 aliphatic rings. The number of fused-ring (bicyclic) bond motifs is 1. The molecule has 41 heavy (non-hydrogen) atoms. The molecule has 10 heteroatoms. The van der Waals surface area contributed by atoms with Gasteiger partial charge in [0, 0.05) is 24.9 Å². The van der Waals surface area contributed by atoms with Gasteiger partial charge < -0.3 is 25.6 Å². The summed E-state index contributed by atoms with van der Waals surface area (Å²) in [5.74, 6) is -1.57. The molecule has 2 aromatic carbocycles. The number of rotatable bonds is 6. The maximum Gasteiger partial charge on any atom is 0.255 e. The van der Waals surface area contributed by atoms with Crippen molar-refractivity contribution < 1.29 is 28.3 Å². The van der Waals surface area contributed by atoms with E-state index in [0.717, 1.165) is 5.56 Å². The zero-order valence-corrected chi connectivity index (χ0v) is 24.5. The molecule has 0 unspecified atom stereocenters. The number of likely N-dealkylation sites (N-methyl/N-ethyl adjacent to an activating group) is 1. The molecule has 0 bridgehead atoms. The van der Waals surface area contributed by atoms with Gasteiger partial charge in [-0.2, -0.15) is 0 Å². The Morgan fingerprint density at radius 1 is 1.10 bits per heavy atom. The van der Waals surface area contributed by atoms with Crippen LogP contribution < -0.4 is 20.7 Å². The lowest BCUT2D eigenvalue weighted by Crippen LogP contribution is -2.50. The first-order chi connectivity index (χ1) is 19.4. The third-order valence-electron chi connectivity index (χ3n) is 7.37. The monoisotopic (exact) mass is 568 g/mol. The summed E-state index contributed by atoms with van der Waals surface area (Å²) in [6, 6.07) is 11.4. The van der Waals surface area contributed by atoms with Gasteiger partial charge in [-0.1, -0.05) is 52.0 Å². The normalized spacial score (nSPS) is 19.3. The molecule has 222 valence electrons. The number of hydrogen-bond donors (Lipinski definition) is 3. The Morgan fingerprint density at radius 2 is 1.78 bits per heavy atom. The summed E-state index contributed by atoms with van der Waals surface area (Å²) in [5, 5.41) is 8.62. The molecule has 0 fully saturated rings. The minimum absolute atomic E-state index is 0.0309. The smallest absolute Gasteiger partial charge is 0.255 e. The second kappa shape index (κ2) is 14.1. The lowest BCUT2D eigenvalue weighted by atomic mass is 9.84. The van der Waals surface area contributed by atoms with E-state index in [9.17, 15) is 23.6 Å². The van der Waals surface area contributed by atoms with Gasteiger partial charge in [0.15, 0.2) is 0 Å². The fourth-order valence-corrected chi connectivity index (χ4v) is 4.53. The number of nitrogens with zero attached hydrogens (tertiary/aromatic N) is 1. The molecule has 0 saturated carbocycles. The van der Waals surface area contributed by atoms with Crippen LogP contribution in [0, 0.1) is 11.7 Å². The van der Waals surface area contributed by atoms with Crippen molar-refractivity contribution in [3.8, 4) is 5.75 Å². The van der Waals surface area contributed by atoms with Crippen LogP contribution in [0.2, 0.25) is 0 Å². The van der Waals surface area contributed by atoms with Crippen LogP contribution >= 0.6 is 0 Å². The van der Waals surface area contributed by atoms with Crippen LogP contribution in [-0.4, -0.2) is 66.9 Å². The van der Waals surface area contributed by atoms with E-state index in [2.05, 4.69) is 16.0 Å². The number of carbonyl (C=O) groups excluding carboxylic acids is 4. The molecule has 0 aliphatic carbocycles. The van der Waals surface area contributed by atoms with Crippen LogP contribution in [0.4, 0.5) is 4.39 Å². The van der Waals surface area contributed by atoms with E-state index in [0.29, 0.717) is 12.3 Å². The molecule has 2 aromatic rings. The Hall–Kier alpha value is -3.95. The van der Waals surface area contributed by atoms with Crippen LogP contribution in [0.3, 0.4) is 0 Å². The summed E-state index contributed by atoms with van der Waals surface area (Å²) < 4.78 is 19.4. The predicted octanol–water partition coefficient (Wildman–Crippen LogP) is 3.18. The van der Waals surface area contributed by atoms with E-state index < -0.39 is 23.3 Å². The zero-order valence-electron chi connectivity index (χ0n) is 24.5. The average Bonchev–Trinajstić information content (AvgIpc) is 2.94. The van der Waals surface area contributed by atoms with Crippen molar-refractivity contribution in [1.82, 2.24) is 20.9 Å². The maximum absolute atomic E-state index is 13.4.